The third-order valence-corrected chi connectivity index (χ3v) is 10.3. The van der Waals surface area contributed by atoms with Crippen molar-refractivity contribution in [1.82, 2.24) is 4.90 Å². The molecule has 0 saturated carbocycles. The first kappa shape index (κ1) is 34.5. The molecule has 0 N–H and O–H groups in total. The zero-order valence-electron chi connectivity index (χ0n) is 28.8. The molecule has 1 heterocycles. The summed E-state index contributed by atoms with van der Waals surface area (Å²) < 4.78 is 5.90. The van der Waals surface area contributed by atoms with Crippen LogP contribution in [-0.4, -0.2) is 40.2 Å². The van der Waals surface area contributed by atoms with Crippen molar-refractivity contribution in [1.29, 1.82) is 0 Å². The molecule has 1 aliphatic heterocycles. The number of rotatable bonds is 13. The van der Waals surface area contributed by atoms with Gasteiger partial charge in [0.15, 0.2) is 6.61 Å². The Morgan fingerprint density at radius 2 is 1.13 bits per heavy atom. The second-order valence-corrected chi connectivity index (χ2v) is 13.7. The van der Waals surface area contributed by atoms with Gasteiger partial charge in [0, 0.05) is 0 Å². The van der Waals surface area contributed by atoms with Gasteiger partial charge in [-0.15, -0.1) is 0 Å². The number of nitrogens with zero attached hydrogens (tertiary/aromatic N) is 2. The number of oxime groups is 1. The Hall–Kier alpha value is -5.92. The minimum Gasteiger partial charge on any atom is -0.490 e. The lowest BCUT2D eigenvalue weighted by Crippen LogP contribution is -2.51. The highest BCUT2D eigenvalue weighted by Gasteiger charge is 2.53. The fourth-order valence-electron chi connectivity index (χ4n) is 6.68. The fourth-order valence-corrected chi connectivity index (χ4v) is 7.74. The van der Waals surface area contributed by atoms with E-state index in [2.05, 4.69) is 29.4 Å². The zero-order valence-corrected chi connectivity index (χ0v) is 29.6. The van der Waals surface area contributed by atoms with Gasteiger partial charge in [-0.2, -0.15) is 0 Å². The molecule has 1 fully saturated rings. The van der Waals surface area contributed by atoms with Gasteiger partial charge >= 0.3 is 0 Å². The maximum Gasteiger partial charge on any atom is 0.290 e. The van der Waals surface area contributed by atoms with Crippen LogP contribution in [0, 0.1) is 0 Å². The Labute approximate surface area is 308 Å². The van der Waals surface area contributed by atoms with Gasteiger partial charge in [0.25, 0.3) is 5.24 Å². The highest BCUT2D eigenvalue weighted by molar-refractivity contribution is 8.15. The van der Waals surface area contributed by atoms with E-state index in [1.807, 2.05) is 153 Å². The van der Waals surface area contributed by atoms with Gasteiger partial charge in [0.05, 0.1) is 11.0 Å². The van der Waals surface area contributed by atoms with Crippen LogP contribution in [0.25, 0.3) is 11.1 Å². The molecule has 0 radical (unpaired) electrons. The van der Waals surface area contributed by atoms with Gasteiger partial charge in [0.2, 0.25) is 5.91 Å². The second kappa shape index (κ2) is 16.0. The van der Waals surface area contributed by atoms with Gasteiger partial charge < -0.3 is 9.57 Å². The van der Waals surface area contributed by atoms with E-state index in [0.29, 0.717) is 25.4 Å². The summed E-state index contributed by atoms with van der Waals surface area (Å²) in [5.74, 6) is 0.468. The third kappa shape index (κ3) is 7.27. The van der Waals surface area contributed by atoms with Crippen LogP contribution in [0.2, 0.25) is 0 Å². The van der Waals surface area contributed by atoms with Crippen LogP contribution in [0.4, 0.5) is 4.79 Å². The average Bonchev–Trinajstić information content (AvgIpc) is 3.48. The SMILES string of the molecule is C/C(=N/OCCOc1ccc(CC2SC(=O)N(C(c3ccccc3)(c3ccccc3)c3ccccc3)C2=O)cc1)c1ccc(-c2ccccc2)cc1. The Kier molecular flexibility index (Phi) is 10.6. The van der Waals surface area contributed by atoms with Crippen LogP contribution < -0.4 is 4.74 Å². The average molecular weight is 703 g/mol. The molecule has 1 atom stereocenters. The second-order valence-electron chi connectivity index (χ2n) is 12.5. The lowest BCUT2D eigenvalue weighted by molar-refractivity contribution is -0.129. The molecule has 6 nitrogen and oxygen atoms in total. The summed E-state index contributed by atoms with van der Waals surface area (Å²) in [4.78, 5) is 35.4. The molecule has 6 aromatic rings. The van der Waals surface area contributed by atoms with Crippen LogP contribution in [0.15, 0.2) is 175 Å². The highest BCUT2D eigenvalue weighted by Crippen LogP contribution is 2.47. The summed E-state index contributed by atoms with van der Waals surface area (Å²) >= 11 is 1.09. The van der Waals surface area contributed by atoms with E-state index in [1.165, 1.54) is 10.5 Å². The summed E-state index contributed by atoms with van der Waals surface area (Å²) in [6, 6.07) is 55.6. The van der Waals surface area contributed by atoms with E-state index < -0.39 is 10.8 Å². The monoisotopic (exact) mass is 702 g/mol. The number of hydrogen-bond donors (Lipinski definition) is 0. The van der Waals surface area contributed by atoms with Crippen LogP contribution in [0.5, 0.6) is 5.75 Å². The Morgan fingerprint density at radius 3 is 1.67 bits per heavy atom. The molecular formula is C45H38N2O4S. The molecule has 0 aliphatic carbocycles. The Balaban J connectivity index is 0.992. The minimum atomic E-state index is -1.13. The molecule has 1 unspecified atom stereocenters. The lowest BCUT2D eigenvalue weighted by Gasteiger charge is -2.42. The molecule has 6 aromatic carbocycles. The predicted molar refractivity (Wildman–Crippen MR) is 209 cm³/mol. The van der Waals surface area contributed by atoms with Crippen LogP contribution in [0.1, 0.15) is 34.7 Å². The summed E-state index contributed by atoms with van der Waals surface area (Å²) in [6.07, 6.45) is 0.407. The first-order valence-corrected chi connectivity index (χ1v) is 18.2. The number of thioether (sulfide) groups is 1. The summed E-state index contributed by atoms with van der Waals surface area (Å²) in [6.45, 7) is 2.53. The summed E-state index contributed by atoms with van der Waals surface area (Å²) in [5, 5.41) is 3.42. The standard InChI is InChI=1S/C45H38N2O4S/c1-33(35-24-26-37(27-25-35)36-14-6-2-7-15-36)46-51-31-30-50-41-28-22-34(23-29-41)32-42-43(48)47(44(49)52-42)45(38-16-8-3-9-17-38,39-18-10-4-11-19-39)40-20-12-5-13-21-40/h2-29,42H,30-32H2,1H3/b46-33-. The predicted octanol–water partition coefficient (Wildman–Crippen LogP) is 9.77. The van der Waals surface area contributed by atoms with Gasteiger partial charge in [0.1, 0.15) is 17.9 Å². The van der Waals surface area contributed by atoms with Crippen molar-refractivity contribution < 1.29 is 19.2 Å². The van der Waals surface area contributed by atoms with E-state index in [-0.39, 0.29) is 11.1 Å². The molecule has 7 rings (SSSR count). The number of imide groups is 1. The minimum absolute atomic E-state index is 0.216. The number of ether oxygens (including phenoxy) is 1. The first-order valence-electron chi connectivity index (χ1n) is 17.3. The van der Waals surface area contributed by atoms with Crippen molar-refractivity contribution in [3.05, 3.63) is 198 Å². The van der Waals surface area contributed by atoms with Crippen LogP contribution >= 0.6 is 11.8 Å². The van der Waals surface area contributed by atoms with Crippen LogP contribution in [0.3, 0.4) is 0 Å². The van der Waals surface area contributed by atoms with Gasteiger partial charge in [-0.05, 0) is 64.4 Å². The van der Waals surface area contributed by atoms with Gasteiger partial charge in [-0.3, -0.25) is 14.5 Å². The fraction of sp³-hybridized carbons (Fsp3) is 0.133. The molecule has 0 aromatic heterocycles. The third-order valence-electron chi connectivity index (χ3n) is 9.23. The largest absolute Gasteiger partial charge is 0.490 e. The Bertz CT molecular complexity index is 2030. The Morgan fingerprint density at radius 1 is 0.635 bits per heavy atom. The number of hydrogen-bond acceptors (Lipinski definition) is 6. The summed E-state index contributed by atoms with van der Waals surface area (Å²) in [7, 11) is 0. The van der Waals surface area contributed by atoms with Crippen molar-refractivity contribution >= 4 is 28.6 Å². The molecule has 2 amide bonds. The van der Waals surface area contributed by atoms with Crippen molar-refractivity contribution in [3.8, 4) is 16.9 Å². The maximum absolute atomic E-state index is 14.4. The van der Waals surface area contributed by atoms with Crippen molar-refractivity contribution in [2.24, 2.45) is 5.16 Å². The number of carbonyl (C=O) groups is 2. The molecule has 1 aliphatic rings. The molecule has 0 bridgehead atoms. The normalized spacial score (nSPS) is 14.8. The lowest BCUT2D eigenvalue weighted by atomic mass is 9.75. The van der Waals surface area contributed by atoms with Crippen molar-refractivity contribution in [2.75, 3.05) is 13.2 Å². The van der Waals surface area contributed by atoms with Crippen molar-refractivity contribution in [3.63, 3.8) is 0 Å². The van der Waals surface area contributed by atoms with E-state index in [9.17, 15) is 9.59 Å². The smallest absolute Gasteiger partial charge is 0.290 e. The number of benzene rings is 6. The van der Waals surface area contributed by atoms with Gasteiger partial charge in [-0.25, -0.2) is 0 Å². The zero-order chi connectivity index (χ0) is 35.8. The van der Waals surface area contributed by atoms with Crippen LogP contribution in [-0.2, 0) is 21.6 Å². The summed E-state index contributed by atoms with van der Waals surface area (Å²) in [5.41, 5.74) is 6.45. The van der Waals surface area contributed by atoms with E-state index in [0.717, 1.165) is 50.9 Å². The van der Waals surface area contributed by atoms with E-state index in [4.69, 9.17) is 9.57 Å². The maximum atomic E-state index is 14.4. The molecule has 0 spiro atoms. The quantitative estimate of drug-likeness (QED) is 0.0519. The highest BCUT2D eigenvalue weighted by atomic mass is 32.2. The molecule has 7 heteroatoms. The number of carbonyl (C=O) groups excluding carboxylic acids is 2. The number of amides is 2. The molecule has 258 valence electrons. The molecular weight excluding hydrogens is 665 g/mol. The van der Waals surface area contributed by atoms with E-state index >= 15 is 0 Å². The molecule has 52 heavy (non-hydrogen) atoms. The molecule has 1 saturated heterocycles. The van der Waals surface area contributed by atoms with Gasteiger partial charge in [-0.1, -0.05) is 175 Å². The van der Waals surface area contributed by atoms with Crippen molar-refractivity contribution in [2.45, 2.75) is 24.1 Å². The van der Waals surface area contributed by atoms with E-state index in [1.54, 1.807) is 0 Å². The topological polar surface area (TPSA) is 68.2 Å². The first-order chi connectivity index (χ1) is 25.5.